The summed E-state index contributed by atoms with van der Waals surface area (Å²) in [4.78, 5) is 69.2. The van der Waals surface area contributed by atoms with Gasteiger partial charge < -0.3 is 4.57 Å². The van der Waals surface area contributed by atoms with Crippen LogP contribution in [-0.4, -0.2) is 51.1 Å². The number of fused-ring (bicyclic) bond motifs is 5. The van der Waals surface area contributed by atoms with Crippen LogP contribution in [0.2, 0.25) is 0 Å². The molecular formula is C62H91N3O4S4. The van der Waals surface area contributed by atoms with E-state index in [1.54, 1.807) is 16.2 Å². The second kappa shape index (κ2) is 24.9. The van der Waals surface area contributed by atoms with Crippen molar-refractivity contribution in [1.82, 2.24) is 14.4 Å². The molecular weight excluding hydrogens is 979 g/mol. The molecule has 0 N–H and O–H groups in total. The Bertz CT molecular complexity index is 2720. The lowest BCUT2D eigenvalue weighted by Crippen LogP contribution is -2.35. The second-order valence-corrected chi connectivity index (χ2v) is 27.3. The van der Waals surface area contributed by atoms with Crippen LogP contribution in [0.5, 0.6) is 0 Å². The average molecular weight is 1070 g/mol. The van der Waals surface area contributed by atoms with Gasteiger partial charge in [-0.15, -0.1) is 45.3 Å². The van der Waals surface area contributed by atoms with Crippen molar-refractivity contribution in [2.45, 2.75) is 236 Å². The third-order valence-corrected chi connectivity index (χ3v) is 23.3. The first kappa shape index (κ1) is 57.6. The quantitative estimate of drug-likeness (QED) is 0.0429. The fourth-order valence-electron chi connectivity index (χ4n) is 12.1. The monoisotopic (exact) mass is 1070 g/mol. The molecule has 5 aromatic heterocycles. The van der Waals surface area contributed by atoms with E-state index in [-0.39, 0.29) is 35.5 Å². The number of hydrogen-bond acceptors (Lipinski definition) is 8. The number of unbranched alkanes of at least 4 members (excludes halogenated alkanes) is 4. The van der Waals surface area contributed by atoms with Crippen LogP contribution in [0.4, 0.5) is 0 Å². The molecule has 7 heterocycles. The van der Waals surface area contributed by atoms with Gasteiger partial charge in [0.1, 0.15) is 0 Å². The van der Waals surface area contributed by atoms with Crippen LogP contribution in [0.1, 0.15) is 281 Å². The van der Waals surface area contributed by atoms with Gasteiger partial charge in [0.05, 0.1) is 57.3 Å². The van der Waals surface area contributed by atoms with E-state index in [9.17, 15) is 4.79 Å². The molecule has 11 heteroatoms. The Labute approximate surface area is 456 Å². The fraction of sp³-hybridized carbons (Fsp3) is 0.677. The predicted octanol–water partition coefficient (Wildman–Crippen LogP) is 19.9. The largest absolute Gasteiger partial charge is 0.336 e. The van der Waals surface area contributed by atoms with Gasteiger partial charge in [-0.25, -0.2) is 0 Å². The van der Waals surface area contributed by atoms with Gasteiger partial charge >= 0.3 is 0 Å². The van der Waals surface area contributed by atoms with Gasteiger partial charge in [0.2, 0.25) is 0 Å². The number of nitrogens with zero attached hydrogens (tertiary/aromatic N) is 3. The average Bonchev–Trinajstić information content (AvgIpc) is 4.25. The molecule has 0 aromatic carbocycles. The maximum Gasteiger partial charge on any atom is 0.263 e. The minimum Gasteiger partial charge on any atom is -0.336 e. The van der Waals surface area contributed by atoms with Gasteiger partial charge in [-0.3, -0.25) is 29.0 Å². The molecule has 73 heavy (non-hydrogen) atoms. The van der Waals surface area contributed by atoms with Crippen molar-refractivity contribution in [2.24, 2.45) is 23.7 Å². The molecule has 7 nitrogen and oxygen atoms in total. The van der Waals surface area contributed by atoms with Crippen molar-refractivity contribution in [3.8, 4) is 19.5 Å². The van der Waals surface area contributed by atoms with Crippen LogP contribution in [-0.2, 0) is 5.41 Å². The number of imide groups is 2. The van der Waals surface area contributed by atoms with Crippen LogP contribution in [0.15, 0.2) is 6.07 Å². The number of thiophene rings is 4. The standard InChI is InChI=1S/C62H91N3O4S4/c1-15-24-28-39(19-5)32-43(33-40(20-6)29-25-16-2)65-44-34-45(70-52(44)56-50(65)38(12)51(71-56)37(10)11)53-46-47(59(67)63(58(46)66)35-41(21-7)30-26-17-3)54(72-53)55-48-49(57(73-55)62(13,14)23-9)61(69)64(60(48)68)36-42(22-8)31-27-18-4/h34,37,39-43H,15-33,35-36H2,1-14H3. The molecule has 5 aromatic rings. The zero-order chi connectivity index (χ0) is 53.1. The van der Waals surface area contributed by atoms with Crippen LogP contribution in [0.3, 0.4) is 0 Å². The molecule has 7 rings (SSSR count). The molecule has 0 spiro atoms. The normalized spacial score (nSPS) is 16.3. The van der Waals surface area contributed by atoms with Crippen LogP contribution >= 0.6 is 45.3 Å². The van der Waals surface area contributed by atoms with E-state index >= 15 is 14.4 Å². The van der Waals surface area contributed by atoms with E-state index in [0.717, 1.165) is 85.3 Å². The smallest absolute Gasteiger partial charge is 0.263 e. The summed E-state index contributed by atoms with van der Waals surface area (Å²) in [6, 6.07) is 2.70. The van der Waals surface area contributed by atoms with Crippen LogP contribution in [0.25, 0.3) is 39.9 Å². The summed E-state index contributed by atoms with van der Waals surface area (Å²) in [5, 5.41) is 0. The van der Waals surface area contributed by atoms with Gasteiger partial charge in [-0.2, -0.15) is 0 Å². The minimum absolute atomic E-state index is 0.197. The summed E-state index contributed by atoms with van der Waals surface area (Å²) in [6.45, 7) is 32.3. The van der Waals surface area contributed by atoms with E-state index in [2.05, 4.69) is 108 Å². The molecule has 0 saturated heterocycles. The lowest BCUT2D eigenvalue weighted by Gasteiger charge is -2.29. The lowest BCUT2D eigenvalue weighted by molar-refractivity contribution is 0.0608. The Balaban J connectivity index is 1.49. The van der Waals surface area contributed by atoms with Gasteiger partial charge in [-0.1, -0.05) is 180 Å². The van der Waals surface area contributed by atoms with Crippen molar-refractivity contribution < 1.29 is 19.2 Å². The zero-order valence-corrected chi connectivity index (χ0v) is 50.8. The van der Waals surface area contributed by atoms with E-state index in [0.29, 0.717) is 68.9 Å². The Morgan fingerprint density at radius 3 is 1.42 bits per heavy atom. The highest BCUT2D eigenvalue weighted by Crippen LogP contribution is 2.56. The molecule has 0 fully saturated rings. The third kappa shape index (κ3) is 11.2. The Morgan fingerprint density at radius 1 is 0.534 bits per heavy atom. The Kier molecular flexibility index (Phi) is 19.6. The molecule has 2 aliphatic rings. The van der Waals surface area contributed by atoms with Gasteiger partial charge in [0, 0.05) is 33.8 Å². The summed E-state index contributed by atoms with van der Waals surface area (Å²) in [7, 11) is 0. The zero-order valence-electron chi connectivity index (χ0n) is 47.5. The minimum atomic E-state index is -0.394. The number of hydrogen-bond donors (Lipinski definition) is 0. The third-order valence-electron chi connectivity index (χ3n) is 17.3. The maximum absolute atomic E-state index is 15.4. The SMILES string of the molecule is CCCCC(CC)CC(CC(CC)CCCC)n1c2cc(-c3sc(-c4sc(C(C)(C)CC)c5c4C(=O)N(CC(CC)CCCC)C5=O)c4c3C(=O)N(CC(CC)CCCC)C4=O)sc2c2sc(C(C)C)c(C)c21. The number of carbonyl (C=O) groups is 4. The molecule has 2 aliphatic heterocycles. The summed E-state index contributed by atoms with van der Waals surface area (Å²) in [5.74, 6) is 1.13. The van der Waals surface area contributed by atoms with Crippen molar-refractivity contribution in [2.75, 3.05) is 13.1 Å². The Morgan fingerprint density at radius 2 is 0.973 bits per heavy atom. The molecule has 0 saturated carbocycles. The summed E-state index contributed by atoms with van der Waals surface area (Å²) >= 11 is 6.76. The summed E-state index contributed by atoms with van der Waals surface area (Å²) in [6.07, 6.45) is 20.7. The first-order valence-electron chi connectivity index (χ1n) is 29.1. The fourth-order valence-corrected chi connectivity index (χ4v) is 17.7. The number of amides is 4. The number of aromatic nitrogens is 1. The summed E-state index contributed by atoms with van der Waals surface area (Å²) < 4.78 is 5.39. The highest BCUT2D eigenvalue weighted by molar-refractivity contribution is 7.32. The second-order valence-electron chi connectivity index (χ2n) is 23.1. The number of aryl methyl sites for hydroxylation is 1. The molecule has 0 aliphatic carbocycles. The Hall–Kier alpha value is -3.12. The van der Waals surface area contributed by atoms with Gasteiger partial charge in [-0.05, 0) is 85.7 Å². The molecule has 4 unspecified atom stereocenters. The van der Waals surface area contributed by atoms with E-state index in [1.165, 1.54) is 110 Å². The molecule has 4 atom stereocenters. The van der Waals surface area contributed by atoms with Gasteiger partial charge in [0.15, 0.2) is 0 Å². The number of carbonyl (C=O) groups excluding carboxylic acids is 4. The predicted molar refractivity (Wildman–Crippen MR) is 316 cm³/mol. The highest BCUT2D eigenvalue weighted by Gasteiger charge is 2.49. The van der Waals surface area contributed by atoms with Crippen LogP contribution in [0, 0.1) is 30.6 Å². The summed E-state index contributed by atoms with van der Waals surface area (Å²) in [5.41, 5.74) is 5.50. The molecule has 0 radical (unpaired) electrons. The highest BCUT2D eigenvalue weighted by atomic mass is 32.1. The lowest BCUT2D eigenvalue weighted by atomic mass is 9.85. The van der Waals surface area contributed by atoms with Gasteiger partial charge in [0.25, 0.3) is 23.6 Å². The van der Waals surface area contributed by atoms with E-state index in [4.69, 9.17) is 0 Å². The van der Waals surface area contributed by atoms with E-state index in [1.807, 2.05) is 11.3 Å². The first-order valence-corrected chi connectivity index (χ1v) is 32.4. The van der Waals surface area contributed by atoms with Crippen LogP contribution < -0.4 is 0 Å². The van der Waals surface area contributed by atoms with E-state index < -0.39 is 5.41 Å². The first-order chi connectivity index (χ1) is 35.0. The van der Waals surface area contributed by atoms with Crippen molar-refractivity contribution >= 4 is 89.4 Å². The van der Waals surface area contributed by atoms with Crippen molar-refractivity contribution in [1.29, 1.82) is 0 Å². The topological polar surface area (TPSA) is 79.7 Å². The maximum atomic E-state index is 15.4. The molecule has 0 bridgehead atoms. The molecule has 402 valence electrons. The van der Waals surface area contributed by atoms with Crippen molar-refractivity contribution in [3.05, 3.63) is 43.6 Å². The molecule has 4 amide bonds. The van der Waals surface area contributed by atoms with Crippen molar-refractivity contribution in [3.63, 3.8) is 0 Å². The number of rotatable bonds is 30.